The first-order valence-corrected chi connectivity index (χ1v) is 9.73. The molecule has 1 aromatic carbocycles. The molecule has 0 saturated carbocycles. The van der Waals surface area contributed by atoms with Crippen LogP contribution in [0.1, 0.15) is 27.2 Å². The van der Waals surface area contributed by atoms with E-state index in [1.165, 1.54) is 28.0 Å². The zero-order valence-corrected chi connectivity index (χ0v) is 17.0. The lowest BCUT2D eigenvalue weighted by Gasteiger charge is -2.22. The summed E-state index contributed by atoms with van der Waals surface area (Å²) in [4.78, 5) is 26.8. The van der Waals surface area contributed by atoms with Crippen molar-refractivity contribution >= 4 is 29.1 Å². The molecule has 2 rings (SSSR count). The normalized spacial score (nSPS) is 20.6. The van der Waals surface area contributed by atoms with Crippen LogP contribution >= 0.6 is 11.6 Å². The Morgan fingerprint density at radius 2 is 1.67 bits per heavy atom. The Kier molecular flexibility index (Phi) is 7.59. The van der Waals surface area contributed by atoms with Crippen LogP contribution in [0.2, 0.25) is 5.02 Å². The Balaban J connectivity index is 1.80. The minimum atomic E-state index is -0.435. The molecule has 0 aliphatic carbocycles. The van der Waals surface area contributed by atoms with Gasteiger partial charge in [-0.15, -0.1) is 0 Å². The predicted octanol–water partition coefficient (Wildman–Crippen LogP) is -0.494. The molecule has 1 saturated heterocycles. The number of hydrogen-bond acceptors (Lipinski definition) is 2. The molecule has 1 aromatic rings. The van der Waals surface area contributed by atoms with Gasteiger partial charge in [0, 0.05) is 12.0 Å². The molecule has 1 heterocycles. The van der Waals surface area contributed by atoms with Crippen LogP contribution in [0.15, 0.2) is 18.2 Å². The van der Waals surface area contributed by atoms with Gasteiger partial charge in [0.25, 0.3) is 11.8 Å². The van der Waals surface area contributed by atoms with Crippen LogP contribution in [0, 0.1) is 5.82 Å². The standard InChI is InChI=1S/C19H28ClFN4O2/c1-19(2,3)23-18(27)13-25-8-4-7-24(9-10-25)12-17(26)22-16-6-5-14(21)11-15(16)20/h5-6,11H,4,7-10,12-13H2,1-3H3,(H,22,26)(H,23,27)/p+2. The fourth-order valence-corrected chi connectivity index (χ4v) is 3.46. The largest absolute Gasteiger partial charge is 0.347 e. The second-order valence-electron chi connectivity index (χ2n) is 8.18. The highest BCUT2D eigenvalue weighted by molar-refractivity contribution is 6.33. The lowest BCUT2D eigenvalue weighted by atomic mass is 10.1. The van der Waals surface area contributed by atoms with Gasteiger partial charge in [-0.2, -0.15) is 0 Å². The van der Waals surface area contributed by atoms with Gasteiger partial charge in [0.2, 0.25) is 0 Å². The summed E-state index contributed by atoms with van der Waals surface area (Å²) < 4.78 is 13.1. The van der Waals surface area contributed by atoms with Crippen LogP contribution in [0.3, 0.4) is 0 Å². The maximum Gasteiger partial charge on any atom is 0.279 e. The third kappa shape index (κ3) is 7.82. The van der Waals surface area contributed by atoms with Crippen molar-refractivity contribution in [2.45, 2.75) is 32.7 Å². The molecule has 0 bridgehead atoms. The van der Waals surface area contributed by atoms with Crippen LogP contribution in [-0.2, 0) is 9.59 Å². The minimum absolute atomic E-state index is 0.0599. The van der Waals surface area contributed by atoms with Crippen molar-refractivity contribution in [3.8, 4) is 0 Å². The molecule has 2 atom stereocenters. The molecular weight excluding hydrogens is 371 g/mol. The van der Waals surface area contributed by atoms with Crippen molar-refractivity contribution in [1.82, 2.24) is 5.32 Å². The van der Waals surface area contributed by atoms with Gasteiger partial charge >= 0.3 is 0 Å². The van der Waals surface area contributed by atoms with E-state index in [9.17, 15) is 14.0 Å². The van der Waals surface area contributed by atoms with Crippen molar-refractivity contribution in [2.24, 2.45) is 0 Å². The van der Waals surface area contributed by atoms with Gasteiger partial charge in [0.15, 0.2) is 13.1 Å². The summed E-state index contributed by atoms with van der Waals surface area (Å²) in [5.41, 5.74) is 0.197. The van der Waals surface area contributed by atoms with E-state index in [1.54, 1.807) is 0 Å². The van der Waals surface area contributed by atoms with Crippen molar-refractivity contribution in [3.05, 3.63) is 29.0 Å². The van der Waals surface area contributed by atoms with E-state index in [4.69, 9.17) is 11.6 Å². The Morgan fingerprint density at radius 3 is 2.22 bits per heavy atom. The molecular formula is C19H30ClFN4O2+2. The first-order valence-electron chi connectivity index (χ1n) is 9.35. The zero-order valence-electron chi connectivity index (χ0n) is 16.3. The summed E-state index contributed by atoms with van der Waals surface area (Å²) in [5, 5.41) is 5.93. The third-order valence-electron chi connectivity index (χ3n) is 4.43. The predicted molar refractivity (Wildman–Crippen MR) is 104 cm³/mol. The van der Waals surface area contributed by atoms with E-state index in [1.807, 2.05) is 20.8 Å². The zero-order chi connectivity index (χ0) is 20.0. The van der Waals surface area contributed by atoms with Gasteiger partial charge in [0.05, 0.1) is 23.8 Å². The molecule has 150 valence electrons. The third-order valence-corrected chi connectivity index (χ3v) is 4.75. The van der Waals surface area contributed by atoms with E-state index >= 15 is 0 Å². The Hall–Kier alpha value is -1.70. The maximum absolute atomic E-state index is 13.1. The second kappa shape index (κ2) is 9.48. The second-order valence-corrected chi connectivity index (χ2v) is 8.58. The lowest BCUT2D eigenvalue weighted by Crippen LogP contribution is -3.18. The molecule has 1 aliphatic heterocycles. The highest BCUT2D eigenvalue weighted by Gasteiger charge is 2.25. The van der Waals surface area contributed by atoms with Crippen molar-refractivity contribution < 1.29 is 23.8 Å². The summed E-state index contributed by atoms with van der Waals surface area (Å²) in [6.45, 7) is 10.2. The molecule has 27 heavy (non-hydrogen) atoms. The van der Waals surface area contributed by atoms with Gasteiger partial charge in [-0.3, -0.25) is 9.59 Å². The highest BCUT2D eigenvalue weighted by atomic mass is 35.5. The Morgan fingerprint density at radius 1 is 1.07 bits per heavy atom. The summed E-state index contributed by atoms with van der Waals surface area (Å²) in [6, 6.07) is 3.91. The number of halogens is 2. The van der Waals surface area contributed by atoms with E-state index in [-0.39, 0.29) is 22.4 Å². The highest BCUT2D eigenvalue weighted by Crippen LogP contribution is 2.21. The summed E-state index contributed by atoms with van der Waals surface area (Å²) in [5.74, 6) is -0.521. The van der Waals surface area contributed by atoms with Crippen molar-refractivity contribution in [2.75, 3.05) is 44.6 Å². The molecule has 0 radical (unpaired) electrons. The lowest BCUT2D eigenvalue weighted by molar-refractivity contribution is -0.930. The number of anilines is 1. The van der Waals surface area contributed by atoms with Crippen LogP contribution in [0.4, 0.5) is 10.1 Å². The van der Waals surface area contributed by atoms with Crippen LogP contribution in [-0.4, -0.2) is 56.6 Å². The van der Waals surface area contributed by atoms with Crippen molar-refractivity contribution in [1.29, 1.82) is 0 Å². The summed E-state index contributed by atoms with van der Waals surface area (Å²) in [6.07, 6.45) is 0.956. The number of benzene rings is 1. The first kappa shape index (κ1) is 21.6. The van der Waals surface area contributed by atoms with Gasteiger partial charge < -0.3 is 20.4 Å². The molecule has 0 aromatic heterocycles. The molecule has 1 fully saturated rings. The van der Waals surface area contributed by atoms with Gasteiger partial charge in [-0.25, -0.2) is 4.39 Å². The Labute approximate surface area is 165 Å². The number of carbonyl (C=O) groups is 2. The molecule has 0 spiro atoms. The van der Waals surface area contributed by atoms with Gasteiger partial charge in [0.1, 0.15) is 18.9 Å². The first-order chi connectivity index (χ1) is 12.6. The molecule has 2 amide bonds. The number of hydrogen-bond donors (Lipinski definition) is 4. The van der Waals surface area contributed by atoms with E-state index in [2.05, 4.69) is 10.6 Å². The quantitative estimate of drug-likeness (QED) is 0.538. The molecule has 8 heteroatoms. The Bertz CT molecular complexity index is 678. The van der Waals surface area contributed by atoms with E-state index in [0.29, 0.717) is 18.8 Å². The van der Waals surface area contributed by atoms with Gasteiger partial charge in [-0.1, -0.05) is 11.6 Å². The average molecular weight is 401 g/mol. The van der Waals surface area contributed by atoms with Crippen LogP contribution in [0.25, 0.3) is 0 Å². The summed E-state index contributed by atoms with van der Waals surface area (Å²) >= 11 is 5.95. The fraction of sp³-hybridized carbons (Fsp3) is 0.579. The van der Waals surface area contributed by atoms with Gasteiger partial charge in [-0.05, 0) is 39.0 Å². The molecule has 2 unspecified atom stereocenters. The number of nitrogens with one attached hydrogen (secondary N) is 4. The van der Waals surface area contributed by atoms with Crippen LogP contribution in [0.5, 0.6) is 0 Å². The number of amides is 2. The SMILES string of the molecule is CC(C)(C)NC(=O)C[NH+]1CCC[NH+](CC(=O)Nc2ccc(F)cc2Cl)CC1. The average Bonchev–Trinajstić information content (AvgIpc) is 2.73. The van der Waals surface area contributed by atoms with Crippen LogP contribution < -0.4 is 20.4 Å². The smallest absolute Gasteiger partial charge is 0.279 e. The molecule has 4 N–H and O–H groups in total. The summed E-state index contributed by atoms with van der Waals surface area (Å²) in [7, 11) is 0. The minimum Gasteiger partial charge on any atom is -0.347 e. The molecule has 6 nitrogen and oxygen atoms in total. The number of quaternary nitrogens is 2. The maximum atomic E-state index is 13.1. The topological polar surface area (TPSA) is 67.1 Å². The number of rotatable bonds is 5. The van der Waals surface area contributed by atoms with Crippen molar-refractivity contribution in [3.63, 3.8) is 0 Å². The molecule has 1 aliphatic rings. The van der Waals surface area contributed by atoms with E-state index < -0.39 is 5.82 Å². The fourth-order valence-electron chi connectivity index (χ4n) is 3.25. The monoisotopic (exact) mass is 400 g/mol. The number of carbonyl (C=O) groups excluding carboxylic acids is 2. The van der Waals surface area contributed by atoms with E-state index in [0.717, 1.165) is 32.6 Å².